The van der Waals surface area contributed by atoms with E-state index < -0.39 is 11.9 Å². The van der Waals surface area contributed by atoms with Crippen molar-refractivity contribution in [3.05, 3.63) is 23.8 Å². The Morgan fingerprint density at radius 1 is 0.800 bits per heavy atom. The molecule has 0 unspecified atom stereocenters. The maximum Gasteiger partial charge on any atom is 0.308 e. The summed E-state index contributed by atoms with van der Waals surface area (Å²) in [6.07, 6.45) is 10.3. The molecule has 0 saturated heterocycles. The Labute approximate surface area is 149 Å². The third-order valence-corrected chi connectivity index (χ3v) is 3.75. The number of esters is 2. The van der Waals surface area contributed by atoms with Crippen molar-refractivity contribution in [3.63, 3.8) is 0 Å². The molecule has 0 amide bonds. The van der Waals surface area contributed by atoms with Gasteiger partial charge in [-0.1, -0.05) is 32.1 Å². The van der Waals surface area contributed by atoms with Crippen molar-refractivity contribution in [2.24, 2.45) is 0 Å². The van der Waals surface area contributed by atoms with Crippen LogP contribution >= 0.6 is 0 Å². The Hall–Kier alpha value is -2.17. The Morgan fingerprint density at radius 2 is 1.28 bits per heavy atom. The average Bonchev–Trinajstić information content (AvgIpc) is 2.52. The van der Waals surface area contributed by atoms with Crippen molar-refractivity contribution in [2.75, 3.05) is 0 Å². The Balaban J connectivity index is 2.41. The highest BCUT2D eigenvalue weighted by Gasteiger charge is 2.07. The van der Waals surface area contributed by atoms with E-state index in [1.807, 2.05) is 12.1 Å². The van der Waals surface area contributed by atoms with Gasteiger partial charge in [-0.2, -0.15) is 0 Å². The normalized spacial score (nSPS) is 10.3. The molecule has 138 valence electrons. The van der Waals surface area contributed by atoms with Gasteiger partial charge in [0.25, 0.3) is 0 Å². The second-order valence-corrected chi connectivity index (χ2v) is 6.18. The minimum Gasteiger partial charge on any atom is -0.427 e. The van der Waals surface area contributed by atoms with Crippen LogP contribution in [-0.2, 0) is 20.8 Å². The minimum absolute atomic E-state index is 0.399. The van der Waals surface area contributed by atoms with Gasteiger partial charge in [-0.15, -0.1) is 0 Å². The molecule has 0 heterocycles. The van der Waals surface area contributed by atoms with Crippen molar-refractivity contribution in [2.45, 2.75) is 71.6 Å². The molecule has 0 atom stereocenters. The maximum atomic E-state index is 11.1. The van der Waals surface area contributed by atoms with Crippen molar-refractivity contribution in [1.82, 2.24) is 0 Å². The largest absolute Gasteiger partial charge is 0.427 e. The van der Waals surface area contributed by atoms with E-state index in [4.69, 9.17) is 9.47 Å². The summed E-state index contributed by atoms with van der Waals surface area (Å²) in [4.78, 5) is 32.5. The van der Waals surface area contributed by atoms with Gasteiger partial charge in [0, 0.05) is 26.3 Å². The van der Waals surface area contributed by atoms with E-state index in [-0.39, 0.29) is 0 Å². The van der Waals surface area contributed by atoms with E-state index >= 15 is 0 Å². The molecule has 1 aromatic carbocycles. The number of hydrogen-bond donors (Lipinski definition) is 0. The van der Waals surface area contributed by atoms with Crippen LogP contribution in [0.1, 0.15) is 70.8 Å². The van der Waals surface area contributed by atoms with Gasteiger partial charge in [0.2, 0.25) is 0 Å². The number of aryl methyl sites for hydroxylation is 1. The Bertz CT molecular complexity index is 531. The maximum absolute atomic E-state index is 11.1. The van der Waals surface area contributed by atoms with Crippen LogP contribution in [0.3, 0.4) is 0 Å². The molecule has 0 N–H and O–H groups in total. The lowest BCUT2D eigenvalue weighted by Crippen LogP contribution is -2.05. The number of carbonyl (C=O) groups excluding carboxylic acids is 3. The van der Waals surface area contributed by atoms with E-state index in [0.29, 0.717) is 17.9 Å². The molecular weight excluding hydrogens is 320 g/mol. The van der Waals surface area contributed by atoms with Crippen LogP contribution in [0.4, 0.5) is 0 Å². The van der Waals surface area contributed by atoms with Crippen LogP contribution in [-0.4, -0.2) is 18.2 Å². The molecule has 0 bridgehead atoms. The molecule has 25 heavy (non-hydrogen) atoms. The molecule has 5 nitrogen and oxygen atoms in total. The van der Waals surface area contributed by atoms with Gasteiger partial charge in [0.1, 0.15) is 17.8 Å². The molecule has 0 aliphatic rings. The zero-order valence-corrected chi connectivity index (χ0v) is 15.2. The molecule has 0 aliphatic carbocycles. The predicted octanol–water partition coefficient (Wildman–Crippen LogP) is 4.40. The monoisotopic (exact) mass is 348 g/mol. The first-order chi connectivity index (χ1) is 12.0. The fourth-order valence-electron chi connectivity index (χ4n) is 2.67. The molecule has 1 aromatic rings. The van der Waals surface area contributed by atoms with Crippen LogP contribution < -0.4 is 9.47 Å². The van der Waals surface area contributed by atoms with Crippen LogP contribution in [0.5, 0.6) is 11.5 Å². The van der Waals surface area contributed by atoms with E-state index in [1.165, 1.54) is 33.1 Å². The third-order valence-electron chi connectivity index (χ3n) is 3.75. The Kier molecular flexibility index (Phi) is 10.2. The van der Waals surface area contributed by atoms with Gasteiger partial charge in [-0.3, -0.25) is 9.59 Å². The lowest BCUT2D eigenvalue weighted by atomic mass is 10.0. The first-order valence-electron chi connectivity index (χ1n) is 8.95. The van der Waals surface area contributed by atoms with Gasteiger partial charge in [-0.25, -0.2) is 0 Å². The summed E-state index contributed by atoms with van der Waals surface area (Å²) in [5.74, 6) is -0.00568. The zero-order valence-electron chi connectivity index (χ0n) is 15.2. The average molecular weight is 348 g/mol. The summed E-state index contributed by atoms with van der Waals surface area (Å²) in [5.41, 5.74) is 0.987. The number of ether oxygens (including phenoxy) is 2. The molecule has 0 fully saturated rings. The molecule has 0 aliphatic heterocycles. The molecule has 0 saturated carbocycles. The SMILES string of the molecule is CC(=O)Oc1cc(CCCCCCCCCC=O)cc(OC(C)=O)c1. The lowest BCUT2D eigenvalue weighted by molar-refractivity contribution is -0.132. The van der Waals surface area contributed by atoms with E-state index in [0.717, 1.165) is 44.0 Å². The number of aldehydes is 1. The van der Waals surface area contributed by atoms with Gasteiger partial charge in [-0.05, 0) is 37.0 Å². The standard InChI is InChI=1S/C20H28O5/c1-16(22)24-19-13-18(14-20(15-19)25-17(2)23)11-9-7-5-3-4-6-8-10-12-21/h12-15H,3-11H2,1-2H3. The fourth-order valence-corrected chi connectivity index (χ4v) is 2.67. The number of hydrogen-bond acceptors (Lipinski definition) is 5. The summed E-state index contributed by atoms with van der Waals surface area (Å²) in [6.45, 7) is 2.68. The third kappa shape index (κ3) is 10.3. The van der Waals surface area contributed by atoms with Gasteiger partial charge in [0.15, 0.2) is 0 Å². The number of unbranched alkanes of at least 4 members (excludes halogenated alkanes) is 7. The van der Waals surface area contributed by atoms with Crippen LogP contribution in [0.2, 0.25) is 0 Å². The highest BCUT2D eigenvalue weighted by atomic mass is 16.5. The summed E-state index contributed by atoms with van der Waals surface area (Å²) in [7, 11) is 0. The molecule has 0 radical (unpaired) electrons. The van der Waals surface area contributed by atoms with Crippen LogP contribution in [0.15, 0.2) is 18.2 Å². The second kappa shape index (κ2) is 12.2. The molecular formula is C20H28O5. The zero-order chi connectivity index (χ0) is 18.5. The van der Waals surface area contributed by atoms with Gasteiger partial charge in [0.05, 0.1) is 0 Å². The smallest absolute Gasteiger partial charge is 0.308 e. The van der Waals surface area contributed by atoms with E-state index in [2.05, 4.69) is 0 Å². The van der Waals surface area contributed by atoms with Crippen molar-refractivity contribution in [3.8, 4) is 11.5 Å². The quantitative estimate of drug-likeness (QED) is 0.242. The topological polar surface area (TPSA) is 69.7 Å². The molecule has 1 rings (SSSR count). The van der Waals surface area contributed by atoms with Crippen LogP contribution in [0, 0.1) is 0 Å². The van der Waals surface area contributed by atoms with Crippen LogP contribution in [0.25, 0.3) is 0 Å². The number of rotatable bonds is 12. The van der Waals surface area contributed by atoms with Crippen molar-refractivity contribution < 1.29 is 23.9 Å². The summed E-state index contributed by atoms with van der Waals surface area (Å²) in [5, 5.41) is 0. The molecule has 0 spiro atoms. The van der Waals surface area contributed by atoms with Gasteiger partial charge >= 0.3 is 11.9 Å². The fraction of sp³-hybridized carbons (Fsp3) is 0.550. The van der Waals surface area contributed by atoms with Gasteiger partial charge < -0.3 is 14.3 Å². The first kappa shape index (κ1) is 20.9. The highest BCUT2D eigenvalue weighted by molar-refractivity contribution is 5.71. The summed E-state index contributed by atoms with van der Waals surface area (Å²) >= 11 is 0. The lowest BCUT2D eigenvalue weighted by Gasteiger charge is -2.09. The minimum atomic E-state index is -0.402. The molecule has 0 aromatic heterocycles. The Morgan fingerprint density at radius 3 is 1.76 bits per heavy atom. The number of carbonyl (C=O) groups is 3. The molecule has 5 heteroatoms. The summed E-state index contributed by atoms with van der Waals surface area (Å²) in [6, 6.07) is 5.17. The van der Waals surface area contributed by atoms with E-state index in [9.17, 15) is 14.4 Å². The first-order valence-corrected chi connectivity index (χ1v) is 8.95. The second-order valence-electron chi connectivity index (χ2n) is 6.18. The van der Waals surface area contributed by atoms with Crippen molar-refractivity contribution in [1.29, 1.82) is 0 Å². The predicted molar refractivity (Wildman–Crippen MR) is 95.8 cm³/mol. The highest BCUT2D eigenvalue weighted by Crippen LogP contribution is 2.25. The summed E-state index contributed by atoms with van der Waals surface area (Å²) < 4.78 is 10.2. The number of benzene rings is 1. The van der Waals surface area contributed by atoms with Crippen molar-refractivity contribution >= 4 is 18.2 Å². The van der Waals surface area contributed by atoms with E-state index in [1.54, 1.807) is 6.07 Å².